The van der Waals surface area contributed by atoms with Crippen LogP contribution in [0.2, 0.25) is 0 Å². The summed E-state index contributed by atoms with van der Waals surface area (Å²) < 4.78 is 0.724. The van der Waals surface area contributed by atoms with Gasteiger partial charge in [-0.15, -0.1) is 0 Å². The number of pyridine rings is 1. The lowest BCUT2D eigenvalue weighted by atomic mass is 10.1. The van der Waals surface area contributed by atoms with Crippen LogP contribution < -0.4 is 10.9 Å². The topological polar surface area (TPSA) is 37.0 Å². The Labute approximate surface area is 116 Å². The molecular weight excluding hydrogens is 262 g/mol. The maximum absolute atomic E-state index is 5.09. The summed E-state index contributed by atoms with van der Waals surface area (Å²) in [5.41, 5.74) is 7.18. The zero-order valence-corrected chi connectivity index (χ0v) is 11.9. The molecule has 1 aromatic heterocycles. The van der Waals surface area contributed by atoms with Gasteiger partial charge in [0.1, 0.15) is 4.32 Å². The summed E-state index contributed by atoms with van der Waals surface area (Å²) in [5.74, 6) is 0. The second kappa shape index (κ2) is 6.13. The molecule has 18 heavy (non-hydrogen) atoms. The largest absolute Gasteiger partial charge is 0.306 e. The first-order valence-electron chi connectivity index (χ1n) is 5.65. The van der Waals surface area contributed by atoms with E-state index in [4.69, 9.17) is 12.2 Å². The van der Waals surface area contributed by atoms with E-state index in [1.807, 2.05) is 30.7 Å². The van der Waals surface area contributed by atoms with Gasteiger partial charge in [0, 0.05) is 11.6 Å². The third kappa shape index (κ3) is 2.98. The van der Waals surface area contributed by atoms with E-state index in [1.165, 1.54) is 17.1 Å². The van der Waals surface area contributed by atoms with Crippen LogP contribution in [-0.4, -0.2) is 15.6 Å². The summed E-state index contributed by atoms with van der Waals surface area (Å²) in [6.45, 7) is 2.06. The number of nitrogens with zero attached hydrogens (tertiary/aromatic N) is 1. The summed E-state index contributed by atoms with van der Waals surface area (Å²) in [4.78, 5) is 4.46. The number of benzene rings is 1. The van der Waals surface area contributed by atoms with Crippen molar-refractivity contribution in [2.75, 3.05) is 6.26 Å². The summed E-state index contributed by atoms with van der Waals surface area (Å²) in [6.07, 6.45) is 3.78. The molecule has 0 aliphatic rings. The maximum atomic E-state index is 5.09. The molecule has 0 aliphatic carbocycles. The molecule has 2 aromatic rings. The molecule has 1 heterocycles. The van der Waals surface area contributed by atoms with Gasteiger partial charge in [-0.2, -0.15) is 0 Å². The minimum absolute atomic E-state index is 0.0844. The van der Waals surface area contributed by atoms with E-state index in [-0.39, 0.29) is 6.04 Å². The zero-order valence-electron chi connectivity index (χ0n) is 10.3. The molecule has 0 saturated carbocycles. The van der Waals surface area contributed by atoms with E-state index in [9.17, 15) is 0 Å². The Balaban J connectivity index is 2.22. The highest BCUT2D eigenvalue weighted by molar-refractivity contribution is 8.22. The molecule has 1 aromatic carbocycles. The zero-order chi connectivity index (χ0) is 13.0. The number of thioether (sulfide) groups is 1. The number of hydrogen-bond donors (Lipinski definition) is 2. The van der Waals surface area contributed by atoms with Crippen molar-refractivity contribution in [1.82, 2.24) is 15.8 Å². The fourth-order valence-corrected chi connectivity index (χ4v) is 1.99. The average molecular weight is 277 g/mol. The predicted molar refractivity (Wildman–Crippen MR) is 82.5 cm³/mol. The Kier molecular flexibility index (Phi) is 4.52. The number of hydrazine groups is 1. The van der Waals surface area contributed by atoms with Gasteiger partial charge in [0.25, 0.3) is 0 Å². The van der Waals surface area contributed by atoms with Crippen LogP contribution >= 0.6 is 24.0 Å². The lowest BCUT2D eigenvalue weighted by Crippen LogP contribution is -2.36. The molecule has 0 aliphatic heterocycles. The van der Waals surface area contributed by atoms with Crippen molar-refractivity contribution in [2.45, 2.75) is 13.0 Å². The van der Waals surface area contributed by atoms with Crippen molar-refractivity contribution in [3.8, 4) is 0 Å². The second-order valence-electron chi connectivity index (χ2n) is 3.90. The summed E-state index contributed by atoms with van der Waals surface area (Å²) in [5, 5.41) is 2.36. The molecule has 0 spiro atoms. The van der Waals surface area contributed by atoms with Crippen molar-refractivity contribution < 1.29 is 0 Å². The number of thiocarbonyl (C=S) groups is 1. The molecule has 2 N–H and O–H groups in total. The smallest absolute Gasteiger partial charge is 0.147 e. The predicted octanol–water partition coefficient (Wildman–Crippen LogP) is 3.04. The van der Waals surface area contributed by atoms with Crippen LogP contribution in [0.4, 0.5) is 0 Å². The highest BCUT2D eigenvalue weighted by Crippen LogP contribution is 2.21. The Morgan fingerprint density at radius 1 is 1.33 bits per heavy atom. The molecule has 0 fully saturated rings. The van der Waals surface area contributed by atoms with Crippen molar-refractivity contribution >= 4 is 39.1 Å². The van der Waals surface area contributed by atoms with Gasteiger partial charge in [0.05, 0.1) is 11.7 Å². The molecule has 5 heteroatoms. The monoisotopic (exact) mass is 277 g/mol. The van der Waals surface area contributed by atoms with Crippen LogP contribution in [0.3, 0.4) is 0 Å². The fourth-order valence-electron chi connectivity index (χ4n) is 1.77. The van der Waals surface area contributed by atoms with Gasteiger partial charge in [-0.25, -0.2) is 5.43 Å². The minimum Gasteiger partial charge on any atom is -0.306 e. The average Bonchev–Trinajstić information content (AvgIpc) is 2.43. The van der Waals surface area contributed by atoms with Gasteiger partial charge in [0.2, 0.25) is 0 Å². The van der Waals surface area contributed by atoms with Gasteiger partial charge in [-0.1, -0.05) is 48.2 Å². The van der Waals surface area contributed by atoms with Crippen molar-refractivity contribution in [3.63, 3.8) is 0 Å². The summed E-state index contributed by atoms with van der Waals surface area (Å²) in [7, 11) is 0. The van der Waals surface area contributed by atoms with E-state index < -0.39 is 0 Å². The normalized spacial score (nSPS) is 12.3. The standard InChI is InChI=1S/C13H15N3S2/c1-9(15-16-13(17)18-2)12-11-6-4-3-5-10(11)7-8-14-12/h3-9,15H,1-2H3,(H,16,17)/t9-/m0/s1. The Morgan fingerprint density at radius 3 is 2.89 bits per heavy atom. The highest BCUT2D eigenvalue weighted by Gasteiger charge is 2.10. The quantitative estimate of drug-likeness (QED) is 0.666. The van der Waals surface area contributed by atoms with Crippen LogP contribution in [-0.2, 0) is 0 Å². The number of rotatable bonds is 3. The van der Waals surface area contributed by atoms with Gasteiger partial charge in [0.15, 0.2) is 0 Å². The lowest BCUT2D eigenvalue weighted by Gasteiger charge is -2.16. The lowest BCUT2D eigenvalue weighted by molar-refractivity contribution is 0.543. The van der Waals surface area contributed by atoms with E-state index in [1.54, 1.807) is 0 Å². The second-order valence-corrected chi connectivity index (χ2v) is 5.38. The van der Waals surface area contributed by atoms with E-state index in [0.717, 1.165) is 15.4 Å². The van der Waals surface area contributed by atoms with Gasteiger partial charge in [-0.3, -0.25) is 4.98 Å². The van der Waals surface area contributed by atoms with E-state index in [2.05, 4.69) is 34.9 Å². The molecule has 0 bridgehead atoms. The summed E-state index contributed by atoms with van der Waals surface area (Å²) in [6, 6.07) is 10.3. The number of fused-ring (bicyclic) bond motifs is 1. The van der Waals surface area contributed by atoms with Crippen LogP contribution in [0.1, 0.15) is 18.7 Å². The van der Waals surface area contributed by atoms with Gasteiger partial charge in [-0.05, 0) is 24.6 Å². The molecule has 3 nitrogen and oxygen atoms in total. The first-order chi connectivity index (χ1) is 8.72. The molecule has 0 unspecified atom stereocenters. The minimum atomic E-state index is 0.0844. The van der Waals surface area contributed by atoms with Gasteiger partial charge < -0.3 is 5.43 Å². The maximum Gasteiger partial charge on any atom is 0.147 e. The van der Waals surface area contributed by atoms with Crippen LogP contribution in [0, 0.1) is 0 Å². The Hall–Kier alpha value is -1.17. The highest BCUT2D eigenvalue weighted by atomic mass is 32.2. The molecular formula is C13H15N3S2. The van der Waals surface area contributed by atoms with Crippen molar-refractivity contribution in [3.05, 3.63) is 42.2 Å². The van der Waals surface area contributed by atoms with Crippen LogP contribution in [0.5, 0.6) is 0 Å². The van der Waals surface area contributed by atoms with E-state index in [0.29, 0.717) is 0 Å². The first-order valence-corrected chi connectivity index (χ1v) is 7.29. The van der Waals surface area contributed by atoms with E-state index >= 15 is 0 Å². The molecule has 0 saturated heterocycles. The first kappa shape index (κ1) is 13.3. The van der Waals surface area contributed by atoms with Gasteiger partial charge >= 0.3 is 0 Å². The molecule has 94 valence electrons. The van der Waals surface area contributed by atoms with Crippen molar-refractivity contribution in [1.29, 1.82) is 0 Å². The number of aromatic nitrogens is 1. The molecule has 2 rings (SSSR count). The fraction of sp³-hybridized carbons (Fsp3) is 0.231. The molecule has 0 amide bonds. The Morgan fingerprint density at radius 2 is 2.11 bits per heavy atom. The number of hydrogen-bond acceptors (Lipinski definition) is 4. The third-order valence-electron chi connectivity index (χ3n) is 2.69. The number of nitrogens with one attached hydrogen (secondary N) is 2. The van der Waals surface area contributed by atoms with Crippen LogP contribution in [0.25, 0.3) is 10.8 Å². The van der Waals surface area contributed by atoms with Crippen molar-refractivity contribution in [2.24, 2.45) is 0 Å². The molecule has 1 atom stereocenters. The molecule has 0 radical (unpaired) electrons. The summed E-state index contributed by atoms with van der Waals surface area (Å²) >= 11 is 6.59. The SMILES string of the molecule is CSC(=S)NN[C@@H](C)c1nccc2ccccc12. The van der Waals surface area contributed by atoms with Crippen LogP contribution in [0.15, 0.2) is 36.5 Å². The third-order valence-corrected chi connectivity index (χ3v) is 3.77. The Bertz CT molecular complexity index is 551.